The highest BCUT2D eigenvalue weighted by molar-refractivity contribution is 5.79. The maximum Gasteiger partial charge on any atom is 0.237 e. The fourth-order valence-electron chi connectivity index (χ4n) is 4.87. The molecule has 4 rings (SSSR count). The van der Waals surface area contributed by atoms with Gasteiger partial charge in [0.2, 0.25) is 5.91 Å². The summed E-state index contributed by atoms with van der Waals surface area (Å²) in [5, 5.41) is 0. The minimum absolute atomic E-state index is 0.385. The van der Waals surface area contributed by atoms with Crippen molar-refractivity contribution in [1.29, 1.82) is 0 Å². The van der Waals surface area contributed by atoms with E-state index in [2.05, 4.69) is 9.80 Å². The lowest BCUT2D eigenvalue weighted by atomic mass is 9.90. The second-order valence-corrected chi connectivity index (χ2v) is 7.70. The summed E-state index contributed by atoms with van der Waals surface area (Å²) in [7, 11) is 0. The molecule has 4 nitrogen and oxygen atoms in total. The van der Waals surface area contributed by atoms with Crippen LogP contribution in [0.4, 0.5) is 0 Å². The number of fused-ring (bicyclic) bond motifs is 1. The molecule has 0 bridgehead atoms. The molecule has 3 saturated carbocycles. The Balaban J connectivity index is 1.41. The molecule has 0 aromatic heterocycles. The van der Waals surface area contributed by atoms with Gasteiger partial charge in [0.15, 0.2) is 0 Å². The average molecular weight is 306 g/mol. The number of rotatable bonds is 4. The first-order valence-electron chi connectivity index (χ1n) is 9.50. The number of nitrogens with zero attached hydrogens (tertiary/aromatic N) is 2. The molecule has 0 aromatic rings. The third-order valence-electron chi connectivity index (χ3n) is 6.13. The second-order valence-electron chi connectivity index (χ2n) is 7.70. The minimum Gasteiger partial charge on any atom is -0.375 e. The van der Waals surface area contributed by atoms with Crippen molar-refractivity contribution in [2.75, 3.05) is 19.7 Å². The quantitative estimate of drug-likeness (QED) is 0.800. The third-order valence-corrected chi connectivity index (χ3v) is 6.13. The van der Waals surface area contributed by atoms with Gasteiger partial charge in [0.25, 0.3) is 0 Å². The molecular weight excluding hydrogens is 276 g/mol. The molecule has 2 atom stereocenters. The zero-order valence-corrected chi connectivity index (χ0v) is 13.7. The van der Waals surface area contributed by atoms with E-state index in [1.807, 2.05) is 0 Å². The van der Waals surface area contributed by atoms with E-state index in [1.54, 1.807) is 0 Å². The molecule has 1 amide bonds. The molecule has 4 fully saturated rings. The van der Waals surface area contributed by atoms with Gasteiger partial charge in [-0.25, -0.2) is 0 Å². The Kier molecular flexibility index (Phi) is 4.40. The molecule has 0 N–H and O–H groups in total. The smallest absolute Gasteiger partial charge is 0.237 e. The normalized spacial score (nSPS) is 33.6. The van der Waals surface area contributed by atoms with Crippen molar-refractivity contribution in [1.82, 2.24) is 9.80 Å². The van der Waals surface area contributed by atoms with E-state index in [-0.39, 0.29) is 0 Å². The predicted octanol–water partition coefficient (Wildman–Crippen LogP) is 2.56. The number of carbonyl (C=O) groups is 1. The van der Waals surface area contributed by atoms with E-state index in [0.29, 0.717) is 36.7 Å². The van der Waals surface area contributed by atoms with Gasteiger partial charge in [-0.1, -0.05) is 25.7 Å². The molecule has 0 radical (unpaired) electrons. The van der Waals surface area contributed by atoms with Gasteiger partial charge in [-0.3, -0.25) is 9.69 Å². The van der Waals surface area contributed by atoms with E-state index in [9.17, 15) is 4.79 Å². The molecule has 1 heterocycles. The Morgan fingerprint density at radius 3 is 2.41 bits per heavy atom. The van der Waals surface area contributed by atoms with E-state index in [1.165, 1.54) is 64.2 Å². The number of morpholine rings is 1. The summed E-state index contributed by atoms with van der Waals surface area (Å²) in [6.45, 7) is 2.38. The summed E-state index contributed by atoms with van der Waals surface area (Å²) in [6, 6.07) is 1.61. The lowest BCUT2D eigenvalue weighted by Gasteiger charge is -2.44. The van der Waals surface area contributed by atoms with Crippen LogP contribution in [-0.4, -0.2) is 59.6 Å². The van der Waals surface area contributed by atoms with Gasteiger partial charge in [-0.2, -0.15) is 0 Å². The van der Waals surface area contributed by atoms with Gasteiger partial charge in [0.05, 0.1) is 19.3 Å². The standard InChI is InChI=1S/C18H30N2O2/c21-18(20(15-9-10-15)14-5-1-2-6-14)13-19-11-12-22-17-8-4-3-7-16(17)19/h14-17H,1-13H2. The molecular formula is C18H30N2O2. The highest BCUT2D eigenvalue weighted by Gasteiger charge is 2.41. The van der Waals surface area contributed by atoms with E-state index in [4.69, 9.17) is 4.74 Å². The van der Waals surface area contributed by atoms with Crippen LogP contribution in [0.1, 0.15) is 64.2 Å². The van der Waals surface area contributed by atoms with Crippen LogP contribution in [0.15, 0.2) is 0 Å². The zero-order chi connectivity index (χ0) is 14.9. The van der Waals surface area contributed by atoms with Crippen molar-refractivity contribution in [2.45, 2.75) is 88.4 Å². The Labute approximate surface area is 134 Å². The maximum atomic E-state index is 13.0. The Hall–Kier alpha value is -0.610. The van der Waals surface area contributed by atoms with Crippen LogP contribution in [0.2, 0.25) is 0 Å². The van der Waals surface area contributed by atoms with Gasteiger partial charge in [0.1, 0.15) is 0 Å². The highest BCUT2D eigenvalue weighted by atomic mass is 16.5. The molecule has 0 aromatic carbocycles. The Morgan fingerprint density at radius 2 is 1.64 bits per heavy atom. The number of hydrogen-bond acceptors (Lipinski definition) is 3. The predicted molar refractivity (Wildman–Crippen MR) is 85.7 cm³/mol. The molecule has 4 heteroatoms. The number of carbonyl (C=O) groups excluding carboxylic acids is 1. The Morgan fingerprint density at radius 1 is 0.955 bits per heavy atom. The largest absolute Gasteiger partial charge is 0.375 e. The van der Waals surface area contributed by atoms with Crippen molar-refractivity contribution in [3.8, 4) is 0 Å². The summed E-state index contributed by atoms with van der Waals surface area (Å²) in [5.74, 6) is 0.403. The van der Waals surface area contributed by atoms with E-state index >= 15 is 0 Å². The van der Waals surface area contributed by atoms with Crippen molar-refractivity contribution in [2.24, 2.45) is 0 Å². The summed E-state index contributed by atoms with van der Waals surface area (Å²) < 4.78 is 5.95. The summed E-state index contributed by atoms with van der Waals surface area (Å²) in [6.07, 6.45) is 12.9. The fourth-order valence-corrected chi connectivity index (χ4v) is 4.87. The topological polar surface area (TPSA) is 32.8 Å². The van der Waals surface area contributed by atoms with Crippen LogP contribution < -0.4 is 0 Å². The van der Waals surface area contributed by atoms with Crippen molar-refractivity contribution in [3.63, 3.8) is 0 Å². The van der Waals surface area contributed by atoms with E-state index in [0.717, 1.165) is 13.2 Å². The SMILES string of the molecule is O=C(CN1CCOC2CCCCC21)N(C1CCCC1)C1CC1. The van der Waals surface area contributed by atoms with Gasteiger partial charge < -0.3 is 9.64 Å². The molecule has 124 valence electrons. The molecule has 4 aliphatic rings. The first-order chi connectivity index (χ1) is 10.8. The lowest BCUT2D eigenvalue weighted by Crippen LogP contribution is -2.56. The molecule has 3 aliphatic carbocycles. The molecule has 1 saturated heterocycles. The van der Waals surface area contributed by atoms with Crippen LogP contribution in [0.5, 0.6) is 0 Å². The molecule has 2 unspecified atom stereocenters. The summed E-state index contributed by atoms with van der Waals surface area (Å²) >= 11 is 0. The number of amides is 1. The highest BCUT2D eigenvalue weighted by Crippen LogP contribution is 2.35. The summed E-state index contributed by atoms with van der Waals surface area (Å²) in [4.78, 5) is 17.7. The van der Waals surface area contributed by atoms with Crippen molar-refractivity contribution < 1.29 is 9.53 Å². The van der Waals surface area contributed by atoms with Crippen LogP contribution in [-0.2, 0) is 9.53 Å². The fraction of sp³-hybridized carbons (Fsp3) is 0.944. The van der Waals surface area contributed by atoms with Crippen LogP contribution >= 0.6 is 0 Å². The van der Waals surface area contributed by atoms with Gasteiger partial charge in [-0.05, 0) is 38.5 Å². The number of ether oxygens (including phenoxy) is 1. The van der Waals surface area contributed by atoms with Crippen LogP contribution in [0.3, 0.4) is 0 Å². The lowest BCUT2D eigenvalue weighted by molar-refractivity contribution is -0.141. The van der Waals surface area contributed by atoms with E-state index < -0.39 is 0 Å². The summed E-state index contributed by atoms with van der Waals surface area (Å²) in [5.41, 5.74) is 0. The first-order valence-corrected chi connectivity index (χ1v) is 9.50. The van der Waals surface area contributed by atoms with Gasteiger partial charge in [0, 0.05) is 24.7 Å². The molecule has 22 heavy (non-hydrogen) atoms. The monoisotopic (exact) mass is 306 g/mol. The maximum absolute atomic E-state index is 13.0. The third kappa shape index (κ3) is 3.05. The van der Waals surface area contributed by atoms with Gasteiger partial charge in [-0.15, -0.1) is 0 Å². The first kappa shape index (κ1) is 14.9. The molecule has 1 aliphatic heterocycles. The van der Waals surface area contributed by atoms with Gasteiger partial charge >= 0.3 is 0 Å². The van der Waals surface area contributed by atoms with Crippen molar-refractivity contribution >= 4 is 5.91 Å². The molecule has 0 spiro atoms. The zero-order valence-electron chi connectivity index (χ0n) is 13.7. The average Bonchev–Trinajstić information content (AvgIpc) is 3.22. The van der Waals surface area contributed by atoms with Crippen LogP contribution in [0, 0.1) is 0 Å². The second kappa shape index (κ2) is 6.48. The Bertz CT molecular complexity index is 402. The number of hydrogen-bond donors (Lipinski definition) is 0. The minimum atomic E-state index is 0.385. The van der Waals surface area contributed by atoms with Crippen molar-refractivity contribution in [3.05, 3.63) is 0 Å². The van der Waals surface area contributed by atoms with Crippen LogP contribution in [0.25, 0.3) is 0 Å².